The number of nitrogens with zero attached hydrogens (tertiary/aromatic N) is 3. The minimum atomic E-state index is 0.534. The molecule has 0 unspecified atom stereocenters. The van der Waals surface area contributed by atoms with Crippen molar-refractivity contribution < 1.29 is 14.2 Å². The molecule has 164 valence electrons. The number of benzene rings is 3. The van der Waals surface area contributed by atoms with Gasteiger partial charge in [0.2, 0.25) is 5.75 Å². The van der Waals surface area contributed by atoms with Crippen LogP contribution in [0.25, 0.3) is 17.1 Å². The second kappa shape index (κ2) is 10.1. The number of hydrogen-bond donors (Lipinski definition) is 0. The summed E-state index contributed by atoms with van der Waals surface area (Å²) in [5.74, 6) is 3.12. The normalized spacial score (nSPS) is 10.8. The first-order chi connectivity index (χ1) is 15.6. The van der Waals surface area contributed by atoms with Crippen molar-refractivity contribution in [1.29, 1.82) is 0 Å². The number of aromatic nitrogens is 3. The lowest BCUT2D eigenvalue weighted by Gasteiger charge is -2.15. The Morgan fingerprint density at radius 3 is 2.09 bits per heavy atom. The molecule has 1 heterocycles. The first kappa shape index (κ1) is 22.2. The van der Waals surface area contributed by atoms with E-state index < -0.39 is 0 Å². The third kappa shape index (κ3) is 4.61. The van der Waals surface area contributed by atoms with Crippen LogP contribution in [0.5, 0.6) is 17.2 Å². The van der Waals surface area contributed by atoms with Gasteiger partial charge in [0.1, 0.15) is 0 Å². The molecule has 0 amide bonds. The van der Waals surface area contributed by atoms with Gasteiger partial charge in [0.15, 0.2) is 22.5 Å². The maximum absolute atomic E-state index is 5.54. The van der Waals surface area contributed by atoms with Gasteiger partial charge < -0.3 is 14.2 Å². The minimum absolute atomic E-state index is 0.534. The number of methoxy groups -OCH3 is 3. The zero-order valence-electron chi connectivity index (χ0n) is 17.9. The predicted molar refractivity (Wildman–Crippen MR) is 130 cm³/mol. The monoisotopic (exact) mass is 511 g/mol. The Bertz CT molecular complexity index is 1170. The standard InChI is InChI=1S/C24H22BrN3O3S/c1-29-20-13-17(14-21(30-2)22(20)31-3)23-26-27-24(32-15-16-7-5-4-6-8-16)28(23)19-11-9-18(25)10-12-19/h4-14H,15H2,1-3H3. The zero-order chi connectivity index (χ0) is 22.5. The maximum Gasteiger partial charge on any atom is 0.203 e. The summed E-state index contributed by atoms with van der Waals surface area (Å²) in [7, 11) is 4.78. The van der Waals surface area contributed by atoms with Gasteiger partial charge in [-0.25, -0.2) is 0 Å². The van der Waals surface area contributed by atoms with E-state index in [4.69, 9.17) is 14.2 Å². The molecule has 0 bridgehead atoms. The molecule has 0 spiro atoms. The molecule has 0 fully saturated rings. The molecule has 0 aliphatic heterocycles. The van der Waals surface area contributed by atoms with Crippen LogP contribution in [0.1, 0.15) is 5.56 Å². The first-order valence-corrected chi connectivity index (χ1v) is 11.6. The molecule has 4 rings (SSSR count). The summed E-state index contributed by atoms with van der Waals surface area (Å²) in [6.45, 7) is 0. The van der Waals surface area contributed by atoms with Crippen LogP contribution in [0.15, 0.2) is 76.4 Å². The van der Waals surface area contributed by atoms with Crippen LogP contribution >= 0.6 is 27.7 Å². The highest BCUT2D eigenvalue weighted by Gasteiger charge is 2.21. The van der Waals surface area contributed by atoms with Crippen molar-refractivity contribution in [3.63, 3.8) is 0 Å². The maximum atomic E-state index is 5.54. The van der Waals surface area contributed by atoms with Crippen molar-refractivity contribution >= 4 is 27.7 Å². The lowest BCUT2D eigenvalue weighted by molar-refractivity contribution is 0.324. The summed E-state index contributed by atoms with van der Waals surface area (Å²) in [4.78, 5) is 0. The minimum Gasteiger partial charge on any atom is -0.493 e. The van der Waals surface area contributed by atoms with E-state index in [1.807, 2.05) is 59.2 Å². The lowest BCUT2D eigenvalue weighted by atomic mass is 10.1. The molecular formula is C24H22BrN3O3S. The van der Waals surface area contributed by atoms with E-state index in [0.717, 1.165) is 26.6 Å². The summed E-state index contributed by atoms with van der Waals surface area (Å²) in [6.07, 6.45) is 0. The molecule has 4 aromatic rings. The van der Waals surface area contributed by atoms with E-state index in [1.165, 1.54) is 5.56 Å². The number of rotatable bonds is 8. The van der Waals surface area contributed by atoms with Crippen molar-refractivity contribution in [2.45, 2.75) is 10.9 Å². The third-order valence-corrected chi connectivity index (χ3v) is 6.38. The number of halogens is 1. The summed E-state index contributed by atoms with van der Waals surface area (Å²) in [6, 6.07) is 22.1. The molecular weight excluding hydrogens is 490 g/mol. The third-order valence-electron chi connectivity index (χ3n) is 4.85. The van der Waals surface area contributed by atoms with E-state index in [9.17, 15) is 0 Å². The Morgan fingerprint density at radius 2 is 1.50 bits per heavy atom. The Balaban J connectivity index is 1.82. The van der Waals surface area contributed by atoms with Crippen LogP contribution in [0, 0.1) is 0 Å². The Kier molecular flexibility index (Phi) is 7.02. The van der Waals surface area contributed by atoms with Gasteiger partial charge in [-0.05, 0) is 42.0 Å². The van der Waals surface area contributed by atoms with Crippen LogP contribution < -0.4 is 14.2 Å². The SMILES string of the molecule is COc1cc(-c2nnc(SCc3ccccc3)n2-c2ccc(Br)cc2)cc(OC)c1OC. The topological polar surface area (TPSA) is 58.4 Å². The van der Waals surface area contributed by atoms with Crippen LogP contribution in [0.2, 0.25) is 0 Å². The molecule has 0 saturated heterocycles. The highest BCUT2D eigenvalue weighted by atomic mass is 79.9. The molecule has 0 N–H and O–H groups in total. The van der Waals surface area contributed by atoms with Gasteiger partial charge >= 0.3 is 0 Å². The molecule has 0 aliphatic carbocycles. The summed E-state index contributed by atoms with van der Waals surface area (Å²) in [5, 5.41) is 9.84. The second-order valence-corrected chi connectivity index (χ2v) is 8.66. The molecule has 6 nitrogen and oxygen atoms in total. The first-order valence-electron chi connectivity index (χ1n) is 9.83. The Labute approximate surface area is 199 Å². The number of ether oxygens (including phenoxy) is 3. The van der Waals surface area contributed by atoms with Gasteiger partial charge in [0, 0.05) is 21.5 Å². The molecule has 0 radical (unpaired) electrons. The second-order valence-electron chi connectivity index (χ2n) is 6.81. The molecule has 0 atom stereocenters. The molecule has 0 aliphatic rings. The van der Waals surface area contributed by atoms with E-state index in [0.29, 0.717) is 23.1 Å². The van der Waals surface area contributed by atoms with Crippen molar-refractivity contribution in [3.05, 3.63) is 76.8 Å². The van der Waals surface area contributed by atoms with Gasteiger partial charge in [-0.3, -0.25) is 4.57 Å². The van der Waals surface area contributed by atoms with Gasteiger partial charge in [-0.2, -0.15) is 0 Å². The van der Waals surface area contributed by atoms with E-state index in [-0.39, 0.29) is 0 Å². The lowest BCUT2D eigenvalue weighted by Crippen LogP contribution is -2.01. The largest absolute Gasteiger partial charge is 0.493 e. The molecule has 8 heteroatoms. The summed E-state index contributed by atoms with van der Waals surface area (Å²) < 4.78 is 19.6. The number of thioether (sulfide) groups is 1. The Morgan fingerprint density at radius 1 is 0.844 bits per heavy atom. The fourth-order valence-corrected chi connectivity index (χ4v) is 4.48. The van der Waals surface area contributed by atoms with Crippen molar-refractivity contribution in [3.8, 4) is 34.3 Å². The quantitative estimate of drug-likeness (QED) is 0.270. The van der Waals surface area contributed by atoms with Crippen molar-refractivity contribution in [2.75, 3.05) is 21.3 Å². The number of hydrogen-bond acceptors (Lipinski definition) is 6. The van der Waals surface area contributed by atoms with Crippen LogP contribution in [-0.2, 0) is 5.75 Å². The molecule has 32 heavy (non-hydrogen) atoms. The fraction of sp³-hybridized carbons (Fsp3) is 0.167. The van der Waals surface area contributed by atoms with E-state index in [2.05, 4.69) is 38.3 Å². The fourth-order valence-electron chi connectivity index (χ4n) is 3.31. The Hall–Kier alpha value is -2.97. The molecule has 3 aromatic carbocycles. The highest BCUT2D eigenvalue weighted by Crippen LogP contribution is 2.42. The molecule has 0 saturated carbocycles. The van der Waals surface area contributed by atoms with Crippen molar-refractivity contribution in [2.24, 2.45) is 0 Å². The van der Waals surface area contributed by atoms with E-state index >= 15 is 0 Å². The smallest absolute Gasteiger partial charge is 0.203 e. The van der Waals surface area contributed by atoms with Crippen LogP contribution in [-0.4, -0.2) is 36.1 Å². The van der Waals surface area contributed by atoms with Crippen molar-refractivity contribution in [1.82, 2.24) is 14.8 Å². The van der Waals surface area contributed by atoms with Gasteiger partial charge in [0.05, 0.1) is 21.3 Å². The zero-order valence-corrected chi connectivity index (χ0v) is 20.3. The highest BCUT2D eigenvalue weighted by molar-refractivity contribution is 9.10. The average molecular weight is 512 g/mol. The van der Waals surface area contributed by atoms with Gasteiger partial charge in [-0.15, -0.1) is 10.2 Å². The van der Waals surface area contributed by atoms with Gasteiger partial charge in [-0.1, -0.05) is 58.0 Å². The van der Waals surface area contributed by atoms with E-state index in [1.54, 1.807) is 33.1 Å². The molecule has 1 aromatic heterocycles. The van der Waals surface area contributed by atoms with Gasteiger partial charge in [0.25, 0.3) is 0 Å². The van der Waals surface area contributed by atoms with Crippen LogP contribution in [0.4, 0.5) is 0 Å². The van der Waals surface area contributed by atoms with Crippen LogP contribution in [0.3, 0.4) is 0 Å². The predicted octanol–water partition coefficient (Wildman–Crippen LogP) is 6.01. The summed E-state index contributed by atoms with van der Waals surface area (Å²) >= 11 is 5.15. The average Bonchev–Trinajstić information content (AvgIpc) is 3.26. The summed E-state index contributed by atoms with van der Waals surface area (Å²) in [5.41, 5.74) is 2.98.